The van der Waals surface area contributed by atoms with Crippen molar-refractivity contribution in [3.8, 4) is 0 Å². The molecule has 9 nitrogen and oxygen atoms in total. The van der Waals surface area contributed by atoms with E-state index in [1.54, 1.807) is 0 Å². The topological polar surface area (TPSA) is 111 Å². The molecule has 0 saturated heterocycles. The molecule has 57 heavy (non-hydrogen) atoms. The second-order valence-electron chi connectivity index (χ2n) is 17.8. The van der Waals surface area contributed by atoms with E-state index in [2.05, 4.69) is 13.8 Å². The Balaban J connectivity index is 4.15. The van der Waals surface area contributed by atoms with E-state index in [4.69, 9.17) is 18.9 Å². The fourth-order valence-electron chi connectivity index (χ4n) is 7.07. The van der Waals surface area contributed by atoms with Crippen molar-refractivity contribution in [1.82, 2.24) is 0 Å². The normalized spacial score (nSPS) is 12.8. The number of carbonyl (C=O) groups excluding carboxylic acids is 3. The lowest BCUT2D eigenvalue weighted by Gasteiger charge is -2.26. The van der Waals surface area contributed by atoms with Crippen LogP contribution in [0, 0.1) is 0 Å². The lowest BCUT2D eigenvalue weighted by molar-refractivity contribution is -0.870. The van der Waals surface area contributed by atoms with Crippen molar-refractivity contribution in [2.45, 2.75) is 245 Å². The summed E-state index contributed by atoms with van der Waals surface area (Å²) < 4.78 is 22.5. The number of quaternary nitrogens is 1. The van der Waals surface area contributed by atoms with Crippen LogP contribution in [0.4, 0.5) is 0 Å². The summed E-state index contributed by atoms with van der Waals surface area (Å²) in [6.45, 7) is 4.74. The number of ether oxygens (including phenoxy) is 4. The molecule has 0 aliphatic rings. The van der Waals surface area contributed by atoms with Gasteiger partial charge in [0.25, 0.3) is 0 Å². The van der Waals surface area contributed by atoms with Crippen molar-refractivity contribution < 1.29 is 42.9 Å². The standard InChI is InChI=1S/C48H93NO8/c1-6-8-10-12-14-16-17-18-19-20-21-22-23-24-25-26-27-28-29-30-31-33-35-37-39-46(51)57-44(43-56-48(47(52)53)54-41-40-49(3,4)5)42-55-45(50)38-36-34-32-15-13-11-9-7-2/h44,48H,6-43H2,1-5H3. The molecule has 0 aliphatic carbocycles. The minimum Gasteiger partial charge on any atom is -0.545 e. The fraction of sp³-hybridized carbons (Fsp3) is 0.938. The van der Waals surface area contributed by atoms with E-state index in [0.717, 1.165) is 38.5 Å². The molecule has 0 fully saturated rings. The number of hydrogen-bond acceptors (Lipinski definition) is 8. The van der Waals surface area contributed by atoms with Gasteiger partial charge in [0, 0.05) is 12.8 Å². The number of unbranched alkanes of at least 4 members (excludes halogenated alkanes) is 30. The first kappa shape index (κ1) is 55.3. The Labute approximate surface area is 352 Å². The van der Waals surface area contributed by atoms with E-state index in [9.17, 15) is 19.5 Å². The first-order valence-corrected chi connectivity index (χ1v) is 24.2. The predicted octanol–water partition coefficient (Wildman–Crippen LogP) is 11.6. The maximum atomic E-state index is 12.7. The van der Waals surface area contributed by atoms with Crippen LogP contribution in [0.5, 0.6) is 0 Å². The SMILES string of the molecule is CCCCCCCCCCCCCCCCCCCCCCCCCCC(=O)OC(COC(=O)CCCCCCCCCC)COC(OCC[N+](C)(C)C)C(=O)[O-]. The summed E-state index contributed by atoms with van der Waals surface area (Å²) in [6, 6.07) is 0. The Bertz CT molecular complexity index is 907. The number of likely N-dealkylation sites (N-methyl/N-ethyl adjacent to an activating group) is 1. The monoisotopic (exact) mass is 812 g/mol. The Morgan fingerprint density at radius 3 is 1.12 bits per heavy atom. The van der Waals surface area contributed by atoms with Gasteiger partial charge in [0.15, 0.2) is 12.4 Å². The Kier molecular flexibility index (Phi) is 39.8. The van der Waals surface area contributed by atoms with Gasteiger partial charge in [0.1, 0.15) is 13.2 Å². The molecule has 0 aromatic rings. The van der Waals surface area contributed by atoms with E-state index in [-0.39, 0.29) is 32.2 Å². The summed E-state index contributed by atoms with van der Waals surface area (Å²) in [5.74, 6) is -2.27. The number of rotatable bonds is 45. The minimum absolute atomic E-state index is 0.153. The largest absolute Gasteiger partial charge is 0.545 e. The second-order valence-corrected chi connectivity index (χ2v) is 17.8. The number of carbonyl (C=O) groups is 3. The van der Waals surface area contributed by atoms with Crippen molar-refractivity contribution in [3.63, 3.8) is 0 Å². The molecule has 0 amide bonds. The highest BCUT2D eigenvalue weighted by Gasteiger charge is 2.21. The summed E-state index contributed by atoms with van der Waals surface area (Å²) >= 11 is 0. The van der Waals surface area contributed by atoms with Gasteiger partial charge < -0.3 is 33.3 Å². The highest BCUT2D eigenvalue weighted by Crippen LogP contribution is 2.17. The third-order valence-electron chi connectivity index (χ3n) is 10.9. The van der Waals surface area contributed by atoms with Gasteiger partial charge in [-0.15, -0.1) is 0 Å². The van der Waals surface area contributed by atoms with Gasteiger partial charge in [-0.1, -0.05) is 206 Å². The van der Waals surface area contributed by atoms with Gasteiger partial charge >= 0.3 is 11.9 Å². The first-order chi connectivity index (χ1) is 27.6. The van der Waals surface area contributed by atoms with Crippen molar-refractivity contribution in [3.05, 3.63) is 0 Å². The van der Waals surface area contributed by atoms with Gasteiger partial charge in [0.2, 0.25) is 0 Å². The zero-order valence-corrected chi connectivity index (χ0v) is 38.2. The summed E-state index contributed by atoms with van der Waals surface area (Å²) in [7, 11) is 5.91. The Hall–Kier alpha value is -1.71. The van der Waals surface area contributed by atoms with E-state index < -0.39 is 24.3 Å². The number of carboxylic acids is 1. The molecule has 0 rings (SSSR count). The second kappa shape index (κ2) is 41.0. The third kappa shape index (κ3) is 42.2. The van der Waals surface area contributed by atoms with E-state index >= 15 is 0 Å². The minimum atomic E-state index is -1.61. The van der Waals surface area contributed by atoms with Gasteiger partial charge in [-0.3, -0.25) is 9.59 Å². The van der Waals surface area contributed by atoms with Crippen molar-refractivity contribution in [2.24, 2.45) is 0 Å². The summed E-state index contributed by atoms with van der Waals surface area (Å²) in [5.41, 5.74) is 0. The van der Waals surface area contributed by atoms with Gasteiger partial charge in [-0.05, 0) is 12.8 Å². The number of hydrogen-bond donors (Lipinski definition) is 0. The van der Waals surface area contributed by atoms with Crippen LogP contribution in [0.15, 0.2) is 0 Å². The van der Waals surface area contributed by atoms with Gasteiger partial charge in [-0.25, -0.2) is 0 Å². The molecule has 0 N–H and O–H groups in total. The molecule has 0 heterocycles. The molecule has 0 radical (unpaired) electrons. The van der Waals surface area contributed by atoms with Crippen LogP contribution in [0.25, 0.3) is 0 Å². The molecule has 2 unspecified atom stereocenters. The zero-order valence-electron chi connectivity index (χ0n) is 38.2. The van der Waals surface area contributed by atoms with E-state index in [1.165, 1.54) is 167 Å². The lowest BCUT2D eigenvalue weighted by atomic mass is 10.0. The Morgan fingerprint density at radius 2 is 0.789 bits per heavy atom. The Morgan fingerprint density at radius 1 is 0.456 bits per heavy atom. The summed E-state index contributed by atoms with van der Waals surface area (Å²) in [5, 5.41) is 11.7. The molecule has 9 heteroatoms. The van der Waals surface area contributed by atoms with Crippen molar-refractivity contribution in [2.75, 3.05) is 47.5 Å². The summed E-state index contributed by atoms with van der Waals surface area (Å²) in [4.78, 5) is 36.9. The fourth-order valence-corrected chi connectivity index (χ4v) is 7.07. The van der Waals surface area contributed by atoms with E-state index in [1.807, 2.05) is 21.1 Å². The molecule has 2 atom stereocenters. The molecule has 0 aromatic carbocycles. The summed E-state index contributed by atoms with van der Waals surface area (Å²) in [6.07, 6.45) is 38.7. The van der Waals surface area contributed by atoms with Crippen molar-refractivity contribution >= 4 is 17.9 Å². The molecular weight excluding hydrogens is 719 g/mol. The van der Waals surface area contributed by atoms with Gasteiger partial charge in [-0.2, -0.15) is 0 Å². The zero-order chi connectivity index (χ0) is 42.1. The quantitative estimate of drug-likeness (QED) is 0.0259. The predicted molar refractivity (Wildman–Crippen MR) is 233 cm³/mol. The van der Waals surface area contributed by atoms with Crippen LogP contribution in [0.3, 0.4) is 0 Å². The molecule has 0 bridgehead atoms. The van der Waals surface area contributed by atoms with Crippen molar-refractivity contribution in [1.29, 1.82) is 0 Å². The smallest absolute Gasteiger partial charge is 0.306 e. The first-order valence-electron chi connectivity index (χ1n) is 24.2. The number of nitrogens with zero attached hydrogens (tertiary/aromatic N) is 1. The van der Waals surface area contributed by atoms with E-state index in [0.29, 0.717) is 17.4 Å². The number of aliphatic carboxylic acids is 1. The highest BCUT2D eigenvalue weighted by atomic mass is 16.7. The third-order valence-corrected chi connectivity index (χ3v) is 10.9. The van der Waals surface area contributed by atoms with Crippen LogP contribution in [0.2, 0.25) is 0 Å². The van der Waals surface area contributed by atoms with Crippen LogP contribution < -0.4 is 5.11 Å². The number of esters is 2. The number of carboxylic acid groups (broad SMARTS) is 1. The molecular formula is C48H93NO8. The maximum absolute atomic E-state index is 12.7. The van der Waals surface area contributed by atoms with Crippen LogP contribution in [0.1, 0.15) is 232 Å². The molecule has 0 aromatic heterocycles. The average molecular weight is 812 g/mol. The molecule has 0 aliphatic heterocycles. The van der Waals surface area contributed by atoms with Crippen LogP contribution >= 0.6 is 0 Å². The van der Waals surface area contributed by atoms with Gasteiger partial charge in [0.05, 0.1) is 40.3 Å². The molecule has 338 valence electrons. The molecule has 0 saturated carbocycles. The average Bonchev–Trinajstić information content (AvgIpc) is 3.17. The van der Waals surface area contributed by atoms with Crippen LogP contribution in [-0.2, 0) is 33.3 Å². The van der Waals surface area contributed by atoms with Crippen LogP contribution in [-0.4, -0.2) is 82.3 Å². The molecule has 0 spiro atoms. The maximum Gasteiger partial charge on any atom is 0.306 e. The lowest BCUT2D eigenvalue weighted by Crippen LogP contribution is -2.44. The highest BCUT2D eigenvalue weighted by molar-refractivity contribution is 5.70.